The van der Waals surface area contributed by atoms with E-state index in [0.717, 1.165) is 16.4 Å². The molecule has 0 spiro atoms. The first kappa shape index (κ1) is 31.4. The minimum atomic E-state index is -4.01. The van der Waals surface area contributed by atoms with Gasteiger partial charge in [0.15, 0.2) is 5.03 Å². The molecule has 2 aromatic carbocycles. The number of nitrogens with zero attached hydrogens (tertiary/aromatic N) is 4. The number of aliphatic hydroxyl groups is 1. The molecule has 1 amide bonds. The highest BCUT2D eigenvalue weighted by Crippen LogP contribution is 2.30. The van der Waals surface area contributed by atoms with Crippen LogP contribution in [0.15, 0.2) is 64.9 Å². The van der Waals surface area contributed by atoms with E-state index in [1.165, 1.54) is 59.4 Å². The zero-order valence-electron chi connectivity index (χ0n) is 23.6. The molecule has 4 rings (SSSR count). The van der Waals surface area contributed by atoms with E-state index in [1.807, 2.05) is 6.92 Å². The predicted molar refractivity (Wildman–Crippen MR) is 152 cm³/mol. The number of carbonyl (C=O) groups excluding carboxylic acids is 1. The number of rotatable bonds is 9. The summed E-state index contributed by atoms with van der Waals surface area (Å²) in [5.74, 6) is -0.981. The van der Waals surface area contributed by atoms with Crippen LogP contribution in [-0.2, 0) is 38.3 Å². The van der Waals surface area contributed by atoms with Gasteiger partial charge in [-0.15, -0.1) is 0 Å². The first-order valence-electron chi connectivity index (χ1n) is 13.1. The standard InChI is InChI=1S/C27H34FN5O7S2/c1-18-13-33(19(2)16-34)27(35)12-20-11-22(30-41(36,37)26-15-31(3)17-29-26)7-10-24(20)40-25(18)14-32(4)42(38,39)23-8-5-21(28)6-9-23/h5-11,15,17-19,25,30,34H,12-14,16H2,1-4H3/t18-,19+,25-/m0/s1. The molecule has 42 heavy (non-hydrogen) atoms. The SMILES string of the molecule is C[C@H](CO)N1C[C@H](C)[C@H](CN(C)S(=O)(=O)c2ccc(F)cc2)Oc2ccc(NS(=O)(=O)c3cn(C)cn3)cc2CC1=O. The fourth-order valence-corrected chi connectivity index (χ4v) is 6.80. The number of ether oxygens (including phenoxy) is 1. The smallest absolute Gasteiger partial charge is 0.280 e. The lowest BCUT2D eigenvalue weighted by atomic mass is 10.0. The largest absolute Gasteiger partial charge is 0.488 e. The monoisotopic (exact) mass is 623 g/mol. The number of likely N-dealkylation sites (N-methyl/N-ethyl adjacent to an activating group) is 1. The van der Waals surface area contributed by atoms with Crippen molar-refractivity contribution in [2.24, 2.45) is 13.0 Å². The molecule has 2 heterocycles. The Morgan fingerprint density at radius 3 is 2.50 bits per heavy atom. The van der Waals surface area contributed by atoms with Gasteiger partial charge in [0.1, 0.15) is 17.7 Å². The molecule has 228 valence electrons. The molecule has 0 bridgehead atoms. The Balaban J connectivity index is 1.68. The van der Waals surface area contributed by atoms with E-state index in [-0.39, 0.29) is 59.3 Å². The maximum atomic E-state index is 13.4. The van der Waals surface area contributed by atoms with Crippen molar-refractivity contribution in [1.29, 1.82) is 0 Å². The number of sulfonamides is 2. The summed E-state index contributed by atoms with van der Waals surface area (Å²) in [5.41, 5.74) is 0.553. The summed E-state index contributed by atoms with van der Waals surface area (Å²) in [6.07, 6.45) is 1.81. The first-order valence-corrected chi connectivity index (χ1v) is 16.1. The number of carbonyl (C=O) groups is 1. The number of aliphatic hydroxyl groups excluding tert-OH is 1. The summed E-state index contributed by atoms with van der Waals surface area (Å²) in [5, 5.41) is 9.66. The van der Waals surface area contributed by atoms with Crippen molar-refractivity contribution in [2.75, 3.05) is 31.5 Å². The second kappa shape index (κ2) is 12.4. The van der Waals surface area contributed by atoms with Gasteiger partial charge in [-0.05, 0) is 49.4 Å². The highest BCUT2D eigenvalue weighted by atomic mass is 32.2. The Morgan fingerprint density at radius 2 is 1.88 bits per heavy atom. The lowest BCUT2D eigenvalue weighted by molar-refractivity contribution is -0.134. The average Bonchev–Trinajstić information content (AvgIpc) is 3.40. The fourth-order valence-electron chi connectivity index (χ4n) is 4.58. The number of amides is 1. The van der Waals surface area contributed by atoms with E-state index in [0.29, 0.717) is 5.56 Å². The van der Waals surface area contributed by atoms with Crippen molar-refractivity contribution >= 4 is 31.6 Å². The number of halogens is 1. The van der Waals surface area contributed by atoms with Crippen molar-refractivity contribution in [2.45, 2.75) is 42.3 Å². The second-order valence-corrected chi connectivity index (χ2v) is 14.1. The zero-order valence-corrected chi connectivity index (χ0v) is 25.3. The summed E-state index contributed by atoms with van der Waals surface area (Å²) in [6, 6.07) is 8.46. The van der Waals surface area contributed by atoms with E-state index in [9.17, 15) is 31.1 Å². The number of imidazole rings is 1. The molecule has 3 aromatic rings. The third-order valence-electron chi connectivity index (χ3n) is 7.08. The molecule has 1 aromatic heterocycles. The summed E-state index contributed by atoms with van der Waals surface area (Å²) in [7, 11) is -4.99. The van der Waals surface area contributed by atoms with Crippen LogP contribution in [0.25, 0.3) is 0 Å². The van der Waals surface area contributed by atoms with E-state index in [4.69, 9.17) is 4.74 Å². The molecule has 0 saturated carbocycles. The molecule has 0 unspecified atom stereocenters. The highest BCUT2D eigenvalue weighted by molar-refractivity contribution is 7.92. The van der Waals surface area contributed by atoms with Gasteiger partial charge in [-0.3, -0.25) is 9.52 Å². The Bertz CT molecular complexity index is 1650. The molecule has 12 nitrogen and oxygen atoms in total. The van der Waals surface area contributed by atoms with Gasteiger partial charge in [0, 0.05) is 44.0 Å². The van der Waals surface area contributed by atoms with Gasteiger partial charge in [-0.1, -0.05) is 6.92 Å². The molecule has 0 aliphatic carbocycles. The van der Waals surface area contributed by atoms with Crippen LogP contribution < -0.4 is 9.46 Å². The van der Waals surface area contributed by atoms with Crippen LogP contribution >= 0.6 is 0 Å². The third-order valence-corrected chi connectivity index (χ3v) is 10.2. The molecule has 2 N–H and O–H groups in total. The molecular formula is C27H34FN5O7S2. The topological polar surface area (TPSA) is 151 Å². The van der Waals surface area contributed by atoms with Gasteiger partial charge in [0.05, 0.1) is 36.8 Å². The molecule has 3 atom stereocenters. The number of hydrogen-bond acceptors (Lipinski definition) is 8. The lowest BCUT2D eigenvalue weighted by Crippen LogP contribution is -2.48. The molecule has 1 aliphatic rings. The third kappa shape index (κ3) is 6.91. The minimum Gasteiger partial charge on any atom is -0.488 e. The summed E-state index contributed by atoms with van der Waals surface area (Å²) >= 11 is 0. The normalized spacial score (nSPS) is 18.9. The van der Waals surface area contributed by atoms with Crippen molar-refractivity contribution in [3.8, 4) is 5.75 Å². The van der Waals surface area contributed by atoms with Crippen LogP contribution in [0.2, 0.25) is 0 Å². The van der Waals surface area contributed by atoms with Crippen LogP contribution in [0.4, 0.5) is 10.1 Å². The summed E-state index contributed by atoms with van der Waals surface area (Å²) in [6.45, 7) is 3.28. The van der Waals surface area contributed by atoms with Crippen LogP contribution in [0.1, 0.15) is 19.4 Å². The number of hydrogen-bond donors (Lipinski definition) is 2. The van der Waals surface area contributed by atoms with Gasteiger partial charge in [-0.25, -0.2) is 17.8 Å². The van der Waals surface area contributed by atoms with Crippen molar-refractivity contribution in [3.63, 3.8) is 0 Å². The maximum absolute atomic E-state index is 13.4. The molecule has 0 radical (unpaired) electrons. The van der Waals surface area contributed by atoms with E-state index in [2.05, 4.69) is 9.71 Å². The average molecular weight is 624 g/mol. The van der Waals surface area contributed by atoms with Gasteiger partial charge < -0.3 is 19.3 Å². The van der Waals surface area contributed by atoms with Crippen LogP contribution in [0.3, 0.4) is 0 Å². The van der Waals surface area contributed by atoms with E-state index >= 15 is 0 Å². The molecular weight excluding hydrogens is 589 g/mol. The number of fused-ring (bicyclic) bond motifs is 1. The molecule has 0 fully saturated rings. The van der Waals surface area contributed by atoms with Crippen LogP contribution in [0.5, 0.6) is 5.75 Å². The fraction of sp³-hybridized carbons (Fsp3) is 0.407. The van der Waals surface area contributed by atoms with Gasteiger partial charge in [0.25, 0.3) is 10.0 Å². The van der Waals surface area contributed by atoms with Crippen LogP contribution in [-0.4, -0.2) is 85.5 Å². The summed E-state index contributed by atoms with van der Waals surface area (Å²) < 4.78 is 77.0. The Hall–Kier alpha value is -3.53. The minimum absolute atomic E-state index is 0.0851. The number of nitrogens with one attached hydrogen (secondary N) is 1. The highest BCUT2D eigenvalue weighted by Gasteiger charge is 2.33. The maximum Gasteiger partial charge on any atom is 0.280 e. The quantitative estimate of drug-likeness (QED) is 0.367. The second-order valence-electron chi connectivity index (χ2n) is 10.4. The van der Waals surface area contributed by atoms with E-state index in [1.54, 1.807) is 14.0 Å². The molecule has 15 heteroatoms. The lowest BCUT2D eigenvalue weighted by Gasteiger charge is -2.33. The Kier molecular flexibility index (Phi) is 9.25. The summed E-state index contributed by atoms with van der Waals surface area (Å²) in [4.78, 5) is 18.7. The number of aryl methyl sites for hydroxylation is 1. The van der Waals surface area contributed by atoms with Gasteiger partial charge in [-0.2, -0.15) is 12.7 Å². The predicted octanol–water partition coefficient (Wildman–Crippen LogP) is 1.83. The van der Waals surface area contributed by atoms with Gasteiger partial charge >= 0.3 is 0 Å². The molecule has 1 aliphatic heterocycles. The van der Waals surface area contributed by atoms with Crippen molar-refractivity contribution in [1.82, 2.24) is 18.8 Å². The number of anilines is 1. The Labute approximate surface area is 244 Å². The first-order chi connectivity index (χ1) is 19.7. The van der Waals surface area contributed by atoms with Crippen LogP contribution in [0, 0.1) is 11.7 Å². The number of aromatic nitrogens is 2. The zero-order chi connectivity index (χ0) is 30.8. The van der Waals surface area contributed by atoms with E-state index < -0.39 is 38.0 Å². The molecule has 0 saturated heterocycles. The van der Waals surface area contributed by atoms with Gasteiger partial charge in [0.2, 0.25) is 15.9 Å². The Morgan fingerprint density at radius 1 is 1.19 bits per heavy atom. The number of benzene rings is 2. The van der Waals surface area contributed by atoms with Crippen molar-refractivity contribution < 1.29 is 35.9 Å². The van der Waals surface area contributed by atoms with Crippen molar-refractivity contribution in [3.05, 3.63) is 66.4 Å².